The quantitative estimate of drug-likeness (QED) is 0.266. The zero-order valence-electron chi connectivity index (χ0n) is 14.2. The van der Waals surface area contributed by atoms with E-state index in [1.807, 2.05) is 30.3 Å². The zero-order chi connectivity index (χ0) is 18.6. The van der Waals surface area contributed by atoms with Crippen molar-refractivity contribution in [3.8, 4) is 5.75 Å². The van der Waals surface area contributed by atoms with Crippen molar-refractivity contribution in [3.05, 3.63) is 82.3 Å². The molecule has 0 amide bonds. The van der Waals surface area contributed by atoms with Gasteiger partial charge in [-0.25, -0.2) is 4.98 Å². The molecule has 1 heterocycles. The SMILES string of the molecule is Oc1ccccc1C=Nc1ccc2nc(SCc3ccc(Br)cc3)sc2c1. The Labute approximate surface area is 173 Å². The Morgan fingerprint density at radius 2 is 1.89 bits per heavy atom. The van der Waals surface area contributed by atoms with Crippen LogP contribution < -0.4 is 0 Å². The molecule has 27 heavy (non-hydrogen) atoms. The van der Waals surface area contributed by atoms with Gasteiger partial charge in [0, 0.05) is 22.0 Å². The van der Waals surface area contributed by atoms with Crippen LogP contribution >= 0.6 is 39.0 Å². The molecule has 4 rings (SSSR count). The number of rotatable bonds is 5. The Balaban J connectivity index is 1.49. The van der Waals surface area contributed by atoms with Crippen LogP contribution in [0.15, 0.2) is 80.5 Å². The Morgan fingerprint density at radius 1 is 1.07 bits per heavy atom. The normalized spacial score (nSPS) is 11.4. The highest BCUT2D eigenvalue weighted by Gasteiger charge is 2.06. The maximum absolute atomic E-state index is 9.83. The van der Waals surface area contributed by atoms with Gasteiger partial charge in [-0.2, -0.15) is 0 Å². The summed E-state index contributed by atoms with van der Waals surface area (Å²) in [6.07, 6.45) is 1.68. The number of fused-ring (bicyclic) bond motifs is 1. The lowest BCUT2D eigenvalue weighted by Crippen LogP contribution is -1.80. The number of para-hydroxylation sites is 1. The smallest absolute Gasteiger partial charge is 0.151 e. The lowest BCUT2D eigenvalue weighted by Gasteiger charge is -1.98. The van der Waals surface area contributed by atoms with Crippen molar-refractivity contribution in [1.82, 2.24) is 4.98 Å². The molecule has 0 aliphatic rings. The summed E-state index contributed by atoms with van der Waals surface area (Å²) in [6, 6.07) is 21.5. The number of aromatic hydroxyl groups is 1. The van der Waals surface area contributed by atoms with Crippen molar-refractivity contribution < 1.29 is 5.11 Å². The summed E-state index contributed by atoms with van der Waals surface area (Å²) >= 11 is 6.88. The highest BCUT2D eigenvalue weighted by atomic mass is 79.9. The Hall–Kier alpha value is -2.15. The summed E-state index contributed by atoms with van der Waals surface area (Å²) < 4.78 is 3.25. The Morgan fingerprint density at radius 3 is 2.70 bits per heavy atom. The van der Waals surface area contributed by atoms with Crippen LogP contribution in [0.5, 0.6) is 5.75 Å². The molecule has 6 heteroatoms. The minimum Gasteiger partial charge on any atom is -0.507 e. The molecule has 3 nitrogen and oxygen atoms in total. The highest BCUT2D eigenvalue weighted by molar-refractivity contribution is 9.10. The second-order valence-electron chi connectivity index (χ2n) is 5.86. The molecule has 0 fully saturated rings. The summed E-state index contributed by atoms with van der Waals surface area (Å²) in [6.45, 7) is 0. The van der Waals surface area contributed by atoms with E-state index in [0.29, 0.717) is 5.56 Å². The van der Waals surface area contributed by atoms with Crippen LogP contribution in [0.25, 0.3) is 10.2 Å². The largest absolute Gasteiger partial charge is 0.507 e. The van der Waals surface area contributed by atoms with E-state index in [1.54, 1.807) is 41.4 Å². The first-order valence-corrected chi connectivity index (χ1v) is 10.9. The third kappa shape index (κ3) is 4.58. The second kappa shape index (κ2) is 8.25. The van der Waals surface area contributed by atoms with Crippen LogP contribution in [0.3, 0.4) is 0 Å². The summed E-state index contributed by atoms with van der Waals surface area (Å²) in [4.78, 5) is 9.18. The number of halogens is 1. The van der Waals surface area contributed by atoms with Gasteiger partial charge in [0.1, 0.15) is 5.75 Å². The number of nitrogens with zero attached hydrogens (tertiary/aromatic N) is 2. The van der Waals surface area contributed by atoms with E-state index in [2.05, 4.69) is 45.2 Å². The molecular weight excluding hydrogens is 440 g/mol. The molecular formula is C21H15BrN2OS2. The number of benzene rings is 3. The van der Waals surface area contributed by atoms with Gasteiger partial charge in [-0.05, 0) is 48.0 Å². The molecule has 1 N–H and O–H groups in total. The predicted molar refractivity (Wildman–Crippen MR) is 119 cm³/mol. The number of aromatic nitrogens is 1. The van der Waals surface area contributed by atoms with Crippen LogP contribution in [0.1, 0.15) is 11.1 Å². The third-order valence-corrected chi connectivity index (χ3v) is 6.68. The standard InChI is InChI=1S/C21H15BrN2OS2/c22-16-7-5-14(6-8-16)13-26-21-24-18-10-9-17(11-20(18)27-21)23-12-15-3-1-2-4-19(15)25/h1-12,25H,13H2. The number of hydrogen-bond acceptors (Lipinski definition) is 5. The zero-order valence-corrected chi connectivity index (χ0v) is 17.4. The first kappa shape index (κ1) is 18.2. The fraction of sp³-hybridized carbons (Fsp3) is 0.0476. The van der Waals surface area contributed by atoms with Gasteiger partial charge in [0.05, 0.1) is 15.9 Å². The maximum atomic E-state index is 9.83. The third-order valence-electron chi connectivity index (χ3n) is 3.92. The Kier molecular flexibility index (Phi) is 5.57. The highest BCUT2D eigenvalue weighted by Crippen LogP contribution is 2.33. The Bertz CT molecular complexity index is 1110. The van der Waals surface area contributed by atoms with Gasteiger partial charge in [0.2, 0.25) is 0 Å². The summed E-state index contributed by atoms with van der Waals surface area (Å²) in [5.41, 5.74) is 3.81. The van der Waals surface area contributed by atoms with Crippen LogP contribution in [0, 0.1) is 0 Å². The van der Waals surface area contributed by atoms with Gasteiger partial charge in [0.25, 0.3) is 0 Å². The van der Waals surface area contributed by atoms with Gasteiger partial charge < -0.3 is 5.11 Å². The number of phenolic OH excluding ortho intramolecular Hbond substituents is 1. The number of hydrogen-bond donors (Lipinski definition) is 1. The van der Waals surface area contributed by atoms with Crippen LogP contribution in [0.2, 0.25) is 0 Å². The average Bonchev–Trinajstić information content (AvgIpc) is 3.09. The number of thiazole rings is 1. The molecule has 0 unspecified atom stereocenters. The van der Waals surface area contributed by atoms with Crippen molar-refractivity contribution in [2.24, 2.45) is 4.99 Å². The van der Waals surface area contributed by atoms with Crippen molar-refractivity contribution in [3.63, 3.8) is 0 Å². The molecule has 1 aromatic heterocycles. The lowest BCUT2D eigenvalue weighted by atomic mass is 10.2. The van der Waals surface area contributed by atoms with Gasteiger partial charge in [-0.1, -0.05) is 52.0 Å². The van der Waals surface area contributed by atoms with E-state index < -0.39 is 0 Å². The minimum absolute atomic E-state index is 0.228. The second-order valence-corrected chi connectivity index (χ2v) is 9.03. The van der Waals surface area contributed by atoms with E-state index in [9.17, 15) is 5.11 Å². The molecule has 0 spiro atoms. The van der Waals surface area contributed by atoms with E-state index in [4.69, 9.17) is 4.98 Å². The number of phenols is 1. The van der Waals surface area contributed by atoms with Crippen molar-refractivity contribution in [2.45, 2.75) is 10.1 Å². The monoisotopic (exact) mass is 454 g/mol. The maximum Gasteiger partial charge on any atom is 0.151 e. The predicted octanol–water partition coefficient (Wildman–Crippen LogP) is 6.81. The van der Waals surface area contributed by atoms with Gasteiger partial charge in [-0.3, -0.25) is 4.99 Å². The summed E-state index contributed by atoms with van der Waals surface area (Å²) in [5.74, 6) is 1.12. The number of aliphatic imine (C=N–C) groups is 1. The minimum atomic E-state index is 0.228. The molecule has 0 atom stereocenters. The van der Waals surface area contributed by atoms with Gasteiger partial charge in [-0.15, -0.1) is 11.3 Å². The van der Waals surface area contributed by atoms with Crippen molar-refractivity contribution >= 4 is 61.1 Å². The molecule has 0 bridgehead atoms. The van der Waals surface area contributed by atoms with Gasteiger partial charge in [0.15, 0.2) is 4.34 Å². The first-order chi connectivity index (χ1) is 13.2. The molecule has 0 saturated carbocycles. The molecule has 0 radical (unpaired) electrons. The van der Waals surface area contributed by atoms with Crippen molar-refractivity contribution in [2.75, 3.05) is 0 Å². The fourth-order valence-electron chi connectivity index (χ4n) is 2.50. The van der Waals surface area contributed by atoms with E-state index in [-0.39, 0.29) is 5.75 Å². The van der Waals surface area contributed by atoms with E-state index in [0.717, 1.165) is 30.5 Å². The van der Waals surface area contributed by atoms with Crippen LogP contribution in [-0.2, 0) is 5.75 Å². The molecule has 3 aromatic carbocycles. The fourth-order valence-corrected chi connectivity index (χ4v) is 4.82. The molecule has 0 saturated heterocycles. The summed E-state index contributed by atoms with van der Waals surface area (Å²) in [5, 5.41) is 9.83. The van der Waals surface area contributed by atoms with Gasteiger partial charge >= 0.3 is 0 Å². The van der Waals surface area contributed by atoms with Crippen LogP contribution in [0.4, 0.5) is 5.69 Å². The molecule has 4 aromatic rings. The lowest BCUT2D eigenvalue weighted by molar-refractivity contribution is 0.474. The van der Waals surface area contributed by atoms with E-state index in [1.165, 1.54) is 5.56 Å². The first-order valence-electron chi connectivity index (χ1n) is 8.27. The molecule has 0 aliphatic heterocycles. The van der Waals surface area contributed by atoms with Crippen molar-refractivity contribution in [1.29, 1.82) is 0 Å². The van der Waals surface area contributed by atoms with E-state index >= 15 is 0 Å². The molecule has 134 valence electrons. The molecule has 0 aliphatic carbocycles. The summed E-state index contributed by atoms with van der Waals surface area (Å²) in [7, 11) is 0. The number of thioether (sulfide) groups is 1. The topological polar surface area (TPSA) is 45.5 Å². The average molecular weight is 455 g/mol. The van der Waals surface area contributed by atoms with Crippen LogP contribution in [-0.4, -0.2) is 16.3 Å².